The third-order valence-electron chi connectivity index (χ3n) is 2.93. The second-order valence-corrected chi connectivity index (χ2v) is 4.56. The third-order valence-corrected chi connectivity index (χ3v) is 2.93. The number of nitrogens with zero attached hydrogens (tertiary/aromatic N) is 3. The van der Waals surface area contributed by atoms with Crippen molar-refractivity contribution in [3.8, 4) is 0 Å². The van der Waals surface area contributed by atoms with Crippen molar-refractivity contribution < 1.29 is 10.0 Å². The fraction of sp³-hybridized carbons (Fsp3) is 0.727. The van der Waals surface area contributed by atoms with E-state index in [2.05, 4.69) is 10.4 Å². The SMILES string of the molecule is CCc1nn(C)c(N[C@H](CO)C(C)C)c1[N+](=O)[O-]. The molecule has 0 bridgehead atoms. The van der Waals surface area contributed by atoms with Crippen LogP contribution in [0.15, 0.2) is 0 Å². The zero-order valence-electron chi connectivity index (χ0n) is 11.2. The normalized spacial score (nSPS) is 12.8. The van der Waals surface area contributed by atoms with E-state index < -0.39 is 4.92 Å². The predicted molar refractivity (Wildman–Crippen MR) is 68.6 cm³/mol. The molecule has 7 heteroatoms. The van der Waals surface area contributed by atoms with Gasteiger partial charge in [-0.2, -0.15) is 5.10 Å². The Kier molecular flexibility index (Phi) is 4.66. The molecule has 0 amide bonds. The molecular formula is C11H20N4O3. The summed E-state index contributed by atoms with van der Waals surface area (Å²) in [6.45, 7) is 5.63. The average Bonchev–Trinajstić information content (AvgIpc) is 2.62. The van der Waals surface area contributed by atoms with E-state index in [0.29, 0.717) is 17.9 Å². The number of anilines is 1. The molecule has 0 aliphatic heterocycles. The van der Waals surface area contributed by atoms with Gasteiger partial charge in [0.25, 0.3) is 0 Å². The molecule has 102 valence electrons. The first-order valence-electron chi connectivity index (χ1n) is 6.00. The number of rotatable bonds is 6. The maximum absolute atomic E-state index is 11.1. The van der Waals surface area contributed by atoms with Gasteiger partial charge in [0.1, 0.15) is 5.69 Å². The lowest BCUT2D eigenvalue weighted by atomic mass is 10.1. The van der Waals surface area contributed by atoms with Crippen LogP contribution in [0.3, 0.4) is 0 Å². The number of nitro groups is 1. The summed E-state index contributed by atoms with van der Waals surface area (Å²) < 4.78 is 1.46. The van der Waals surface area contributed by atoms with Crippen molar-refractivity contribution in [1.82, 2.24) is 9.78 Å². The van der Waals surface area contributed by atoms with Crippen molar-refractivity contribution in [1.29, 1.82) is 0 Å². The van der Waals surface area contributed by atoms with Crippen molar-refractivity contribution in [2.75, 3.05) is 11.9 Å². The van der Waals surface area contributed by atoms with Gasteiger partial charge in [-0.25, -0.2) is 4.68 Å². The van der Waals surface area contributed by atoms with Gasteiger partial charge in [0, 0.05) is 7.05 Å². The maximum atomic E-state index is 11.1. The van der Waals surface area contributed by atoms with Gasteiger partial charge in [-0.15, -0.1) is 0 Å². The number of aromatic nitrogens is 2. The number of hydrogen-bond acceptors (Lipinski definition) is 5. The topological polar surface area (TPSA) is 93.2 Å². The first-order valence-corrected chi connectivity index (χ1v) is 6.00. The number of aliphatic hydroxyl groups excluding tert-OH is 1. The second-order valence-electron chi connectivity index (χ2n) is 4.56. The molecule has 1 aromatic rings. The van der Waals surface area contributed by atoms with Crippen LogP contribution in [0.5, 0.6) is 0 Å². The van der Waals surface area contributed by atoms with E-state index in [1.165, 1.54) is 4.68 Å². The van der Waals surface area contributed by atoms with Gasteiger partial charge in [-0.3, -0.25) is 10.1 Å². The van der Waals surface area contributed by atoms with Gasteiger partial charge in [0.05, 0.1) is 17.6 Å². The summed E-state index contributed by atoms with van der Waals surface area (Å²) in [7, 11) is 1.66. The Morgan fingerprint density at radius 2 is 2.17 bits per heavy atom. The molecule has 0 spiro atoms. The van der Waals surface area contributed by atoms with Gasteiger partial charge >= 0.3 is 5.69 Å². The highest BCUT2D eigenvalue weighted by molar-refractivity contribution is 5.60. The van der Waals surface area contributed by atoms with Gasteiger partial charge in [0.2, 0.25) is 5.82 Å². The highest BCUT2D eigenvalue weighted by Gasteiger charge is 2.27. The fourth-order valence-corrected chi connectivity index (χ4v) is 1.76. The minimum absolute atomic E-state index is 0.000833. The Hall–Kier alpha value is -1.63. The minimum atomic E-state index is -0.428. The van der Waals surface area contributed by atoms with Crippen LogP contribution >= 0.6 is 0 Å². The van der Waals surface area contributed by atoms with Crippen LogP contribution in [0, 0.1) is 16.0 Å². The van der Waals surface area contributed by atoms with E-state index in [-0.39, 0.29) is 24.3 Å². The summed E-state index contributed by atoms with van der Waals surface area (Å²) in [6.07, 6.45) is 0.497. The van der Waals surface area contributed by atoms with Gasteiger partial charge < -0.3 is 10.4 Å². The smallest absolute Gasteiger partial charge is 0.333 e. The molecule has 2 N–H and O–H groups in total. The molecule has 1 heterocycles. The standard InChI is InChI=1S/C11H20N4O3/c1-5-8-10(15(17)18)11(14(4)13-8)12-9(6-16)7(2)3/h7,9,12,16H,5-6H2,1-4H3/t9-/m1/s1. The van der Waals surface area contributed by atoms with Crippen LogP contribution in [-0.2, 0) is 13.5 Å². The quantitative estimate of drug-likeness (QED) is 0.591. The van der Waals surface area contributed by atoms with Crippen LogP contribution in [0.1, 0.15) is 26.5 Å². The van der Waals surface area contributed by atoms with Crippen molar-refractivity contribution in [2.24, 2.45) is 13.0 Å². The van der Waals surface area contributed by atoms with Crippen LogP contribution in [-0.4, -0.2) is 32.5 Å². The third kappa shape index (κ3) is 2.79. The Morgan fingerprint density at radius 3 is 2.56 bits per heavy atom. The van der Waals surface area contributed by atoms with Gasteiger partial charge in [-0.05, 0) is 12.3 Å². The number of aryl methyl sites for hydroxylation is 2. The van der Waals surface area contributed by atoms with Gasteiger partial charge in [0.15, 0.2) is 0 Å². The molecule has 1 rings (SSSR count). The maximum Gasteiger partial charge on any atom is 0.333 e. The Balaban J connectivity index is 3.14. The fourth-order valence-electron chi connectivity index (χ4n) is 1.76. The molecule has 0 unspecified atom stereocenters. The van der Waals surface area contributed by atoms with E-state index in [4.69, 9.17) is 0 Å². The lowest BCUT2D eigenvalue weighted by Gasteiger charge is -2.20. The van der Waals surface area contributed by atoms with Crippen LogP contribution in [0.4, 0.5) is 11.5 Å². The molecule has 7 nitrogen and oxygen atoms in total. The van der Waals surface area contributed by atoms with Gasteiger partial charge in [-0.1, -0.05) is 20.8 Å². The zero-order chi connectivity index (χ0) is 13.9. The van der Waals surface area contributed by atoms with Crippen molar-refractivity contribution in [3.05, 3.63) is 15.8 Å². The number of aliphatic hydroxyl groups is 1. The summed E-state index contributed by atoms with van der Waals surface area (Å²) in [5.74, 6) is 0.513. The summed E-state index contributed by atoms with van der Waals surface area (Å²) in [5, 5.41) is 27.5. The predicted octanol–water partition coefficient (Wildman–Crippen LogP) is 1.32. The molecule has 0 aromatic carbocycles. The largest absolute Gasteiger partial charge is 0.394 e. The first-order chi connectivity index (χ1) is 8.42. The molecular weight excluding hydrogens is 236 g/mol. The number of nitrogens with one attached hydrogen (secondary N) is 1. The van der Waals surface area contributed by atoms with Crippen molar-refractivity contribution in [2.45, 2.75) is 33.2 Å². The summed E-state index contributed by atoms with van der Waals surface area (Å²) in [6, 6.07) is -0.233. The van der Waals surface area contributed by atoms with E-state index in [0.717, 1.165) is 0 Å². The Bertz CT molecular complexity index is 428. The van der Waals surface area contributed by atoms with E-state index in [9.17, 15) is 15.2 Å². The molecule has 1 aromatic heterocycles. The second kappa shape index (κ2) is 5.81. The lowest BCUT2D eigenvalue weighted by molar-refractivity contribution is -0.384. The average molecular weight is 256 g/mol. The summed E-state index contributed by atoms with van der Waals surface area (Å²) >= 11 is 0. The number of hydrogen-bond donors (Lipinski definition) is 2. The molecule has 1 atom stereocenters. The summed E-state index contributed by atoms with van der Waals surface area (Å²) in [4.78, 5) is 10.7. The van der Waals surface area contributed by atoms with Crippen LogP contribution in [0.2, 0.25) is 0 Å². The molecule has 0 radical (unpaired) electrons. The minimum Gasteiger partial charge on any atom is -0.394 e. The molecule has 0 saturated heterocycles. The molecule has 18 heavy (non-hydrogen) atoms. The van der Waals surface area contributed by atoms with Crippen LogP contribution < -0.4 is 5.32 Å². The van der Waals surface area contributed by atoms with E-state index >= 15 is 0 Å². The van der Waals surface area contributed by atoms with E-state index in [1.54, 1.807) is 7.05 Å². The lowest BCUT2D eigenvalue weighted by Crippen LogP contribution is -2.30. The molecule has 0 fully saturated rings. The Labute approximate surface area is 106 Å². The highest BCUT2D eigenvalue weighted by atomic mass is 16.6. The van der Waals surface area contributed by atoms with Crippen LogP contribution in [0.25, 0.3) is 0 Å². The summed E-state index contributed by atoms with van der Waals surface area (Å²) in [5.41, 5.74) is 0.449. The monoisotopic (exact) mass is 256 g/mol. The Morgan fingerprint density at radius 1 is 1.56 bits per heavy atom. The molecule has 0 saturated carbocycles. The van der Waals surface area contributed by atoms with Crippen molar-refractivity contribution in [3.63, 3.8) is 0 Å². The van der Waals surface area contributed by atoms with Crippen molar-refractivity contribution >= 4 is 11.5 Å². The molecule has 0 aliphatic rings. The zero-order valence-corrected chi connectivity index (χ0v) is 11.2. The van der Waals surface area contributed by atoms with E-state index in [1.807, 2.05) is 20.8 Å². The first kappa shape index (κ1) is 14.4. The highest BCUT2D eigenvalue weighted by Crippen LogP contribution is 2.29. The molecule has 0 aliphatic carbocycles.